The molecule has 0 spiro atoms. The van der Waals surface area contributed by atoms with Gasteiger partial charge in [-0.25, -0.2) is 18.4 Å². The van der Waals surface area contributed by atoms with E-state index in [-0.39, 0.29) is 23.3 Å². The predicted octanol–water partition coefficient (Wildman–Crippen LogP) is -2.99. The van der Waals surface area contributed by atoms with E-state index in [2.05, 4.69) is 16.0 Å². The number of aliphatic carboxylic acids is 1. The van der Waals surface area contributed by atoms with Crippen molar-refractivity contribution in [2.45, 2.75) is 23.8 Å². The van der Waals surface area contributed by atoms with Crippen molar-refractivity contribution < 1.29 is 37.5 Å². The molecule has 0 aliphatic carbocycles. The highest BCUT2D eigenvalue weighted by molar-refractivity contribution is 7.89. The molecule has 164 valence electrons. The van der Waals surface area contributed by atoms with Crippen molar-refractivity contribution >= 4 is 39.6 Å². The van der Waals surface area contributed by atoms with Gasteiger partial charge in [-0.3, -0.25) is 19.2 Å². The quantitative estimate of drug-likeness (QED) is 0.206. The van der Waals surface area contributed by atoms with Crippen LogP contribution in [0.3, 0.4) is 0 Å². The molecule has 1 aromatic rings. The van der Waals surface area contributed by atoms with Gasteiger partial charge in [-0.15, -0.1) is 0 Å². The highest BCUT2D eigenvalue weighted by atomic mass is 32.2. The monoisotopic (exact) mass is 443 g/mol. The van der Waals surface area contributed by atoms with Crippen LogP contribution in [-0.2, 0) is 29.2 Å². The Morgan fingerprint density at radius 1 is 0.967 bits per heavy atom. The molecular weight excluding hydrogens is 422 g/mol. The number of nitrogens with one attached hydrogen (secondary N) is 3. The van der Waals surface area contributed by atoms with E-state index in [9.17, 15) is 32.4 Å². The molecule has 8 N–H and O–H groups in total. The summed E-state index contributed by atoms with van der Waals surface area (Å²) in [5.74, 6) is -4.31. The minimum Gasteiger partial charge on any atom is -0.480 e. The topological polar surface area (TPSA) is 228 Å². The van der Waals surface area contributed by atoms with Crippen molar-refractivity contribution in [2.24, 2.45) is 10.9 Å². The van der Waals surface area contributed by atoms with Crippen LogP contribution in [0, 0.1) is 0 Å². The van der Waals surface area contributed by atoms with Crippen molar-refractivity contribution in [1.82, 2.24) is 16.0 Å². The van der Waals surface area contributed by atoms with Gasteiger partial charge in [0.15, 0.2) is 0 Å². The number of carboxylic acid groups (broad SMARTS) is 1. The number of hydrogen-bond acceptors (Lipinski definition) is 7. The van der Waals surface area contributed by atoms with E-state index < -0.39 is 58.8 Å². The van der Waals surface area contributed by atoms with Crippen LogP contribution >= 0.6 is 0 Å². The van der Waals surface area contributed by atoms with Gasteiger partial charge in [0.25, 0.3) is 5.91 Å². The van der Waals surface area contributed by atoms with Crippen LogP contribution in [0.2, 0.25) is 0 Å². The van der Waals surface area contributed by atoms with Gasteiger partial charge < -0.3 is 26.8 Å². The van der Waals surface area contributed by atoms with Gasteiger partial charge in [-0.05, 0) is 30.7 Å². The fraction of sp³-hybridized carbons (Fsp3) is 0.312. The van der Waals surface area contributed by atoms with E-state index in [0.717, 1.165) is 12.1 Å². The van der Waals surface area contributed by atoms with E-state index in [1.165, 1.54) is 12.1 Å². The molecule has 1 rings (SSSR count). The lowest BCUT2D eigenvalue weighted by atomic mass is 10.1. The minimum absolute atomic E-state index is 0.0756. The Morgan fingerprint density at radius 2 is 1.53 bits per heavy atom. The molecule has 0 saturated carbocycles. The second kappa shape index (κ2) is 10.9. The highest BCUT2D eigenvalue weighted by Gasteiger charge is 2.20. The number of amides is 4. The number of carbonyl (C=O) groups excluding carboxylic acids is 4. The summed E-state index contributed by atoms with van der Waals surface area (Å²) in [5.41, 5.74) is 5.00. The Hall–Kier alpha value is -3.52. The van der Waals surface area contributed by atoms with Gasteiger partial charge in [0.2, 0.25) is 27.7 Å². The van der Waals surface area contributed by atoms with E-state index >= 15 is 0 Å². The first-order valence-electron chi connectivity index (χ1n) is 8.38. The van der Waals surface area contributed by atoms with Crippen LogP contribution in [-0.4, -0.2) is 62.3 Å². The van der Waals surface area contributed by atoms with Crippen LogP contribution in [0.25, 0.3) is 0 Å². The lowest BCUT2D eigenvalue weighted by Crippen LogP contribution is -2.47. The first-order valence-corrected chi connectivity index (χ1v) is 9.93. The second-order valence-electron chi connectivity index (χ2n) is 5.99. The molecule has 1 aromatic carbocycles. The molecule has 0 heterocycles. The molecule has 0 aromatic heterocycles. The Labute approximate surface area is 171 Å². The SMILES string of the molecule is NC(=O)CC[C@H](NC(=O)CNC(=O)CNC(=O)c1ccc(S(N)(=O)=O)cc1)C(=O)O. The van der Waals surface area contributed by atoms with E-state index in [4.69, 9.17) is 16.0 Å². The minimum atomic E-state index is -3.90. The zero-order valence-corrected chi connectivity index (χ0v) is 16.4. The summed E-state index contributed by atoms with van der Waals surface area (Å²) < 4.78 is 22.3. The molecular formula is C16H21N5O8S. The smallest absolute Gasteiger partial charge is 0.326 e. The Bertz CT molecular complexity index is 929. The molecule has 4 amide bonds. The second-order valence-corrected chi connectivity index (χ2v) is 7.55. The normalized spacial score (nSPS) is 11.8. The summed E-state index contributed by atoms with van der Waals surface area (Å²) in [5, 5.41) is 20.5. The van der Waals surface area contributed by atoms with Crippen LogP contribution in [0.5, 0.6) is 0 Å². The number of primary sulfonamides is 1. The number of rotatable bonds is 11. The van der Waals surface area contributed by atoms with E-state index in [0.29, 0.717) is 0 Å². The first-order chi connectivity index (χ1) is 13.9. The summed E-state index contributed by atoms with van der Waals surface area (Å²) >= 11 is 0. The standard InChI is InChI=1S/C16H21N5O8S/c17-12(22)6-5-11(16(26)27)21-14(24)8-19-13(23)7-20-15(25)9-1-3-10(4-2-9)30(18,28)29/h1-4,11H,5-8H2,(H2,17,22)(H,19,23)(H,20,25)(H,21,24)(H,26,27)(H2,18,28,29)/t11-/m0/s1. The first kappa shape index (κ1) is 24.5. The van der Waals surface area contributed by atoms with Crippen LogP contribution in [0.1, 0.15) is 23.2 Å². The molecule has 30 heavy (non-hydrogen) atoms. The molecule has 0 radical (unpaired) electrons. The van der Waals surface area contributed by atoms with Gasteiger partial charge in [0, 0.05) is 12.0 Å². The number of nitrogens with two attached hydrogens (primary N) is 2. The lowest BCUT2D eigenvalue weighted by molar-refractivity contribution is -0.142. The molecule has 0 aliphatic heterocycles. The number of benzene rings is 1. The predicted molar refractivity (Wildman–Crippen MR) is 101 cm³/mol. The zero-order chi connectivity index (χ0) is 22.9. The summed E-state index contributed by atoms with van der Waals surface area (Å²) in [7, 11) is -3.90. The van der Waals surface area contributed by atoms with Crippen LogP contribution < -0.4 is 26.8 Å². The lowest BCUT2D eigenvalue weighted by Gasteiger charge is -2.14. The number of primary amides is 1. The van der Waals surface area contributed by atoms with Gasteiger partial charge in [-0.2, -0.15) is 0 Å². The average molecular weight is 443 g/mol. The van der Waals surface area contributed by atoms with E-state index in [1.54, 1.807) is 0 Å². The largest absolute Gasteiger partial charge is 0.480 e. The number of carbonyl (C=O) groups is 5. The molecule has 0 fully saturated rings. The van der Waals surface area contributed by atoms with Crippen molar-refractivity contribution in [3.63, 3.8) is 0 Å². The summed E-state index contributed by atoms with van der Waals surface area (Å²) in [4.78, 5) is 57.0. The third-order valence-electron chi connectivity index (χ3n) is 3.61. The maximum Gasteiger partial charge on any atom is 0.326 e. The Morgan fingerprint density at radius 3 is 2.03 bits per heavy atom. The molecule has 1 atom stereocenters. The number of carboxylic acids is 1. The molecule has 0 aliphatic rings. The van der Waals surface area contributed by atoms with Gasteiger partial charge in [0.05, 0.1) is 18.0 Å². The van der Waals surface area contributed by atoms with Crippen molar-refractivity contribution in [1.29, 1.82) is 0 Å². The van der Waals surface area contributed by atoms with Gasteiger partial charge >= 0.3 is 5.97 Å². The van der Waals surface area contributed by atoms with Crippen LogP contribution in [0.4, 0.5) is 0 Å². The molecule has 0 bridgehead atoms. The van der Waals surface area contributed by atoms with Crippen LogP contribution in [0.15, 0.2) is 29.2 Å². The fourth-order valence-electron chi connectivity index (χ4n) is 2.09. The summed E-state index contributed by atoms with van der Waals surface area (Å²) in [6, 6.07) is 3.33. The maximum atomic E-state index is 11.9. The number of hydrogen-bond donors (Lipinski definition) is 6. The van der Waals surface area contributed by atoms with Gasteiger partial charge in [-0.1, -0.05) is 0 Å². The summed E-state index contributed by atoms with van der Waals surface area (Å²) in [6.07, 6.45) is -0.446. The number of sulfonamides is 1. The summed E-state index contributed by atoms with van der Waals surface area (Å²) in [6.45, 7) is -1.05. The van der Waals surface area contributed by atoms with Crippen molar-refractivity contribution in [3.05, 3.63) is 29.8 Å². The molecule has 0 saturated heterocycles. The Kier molecular flexibility index (Phi) is 8.88. The van der Waals surface area contributed by atoms with Crippen molar-refractivity contribution in [3.8, 4) is 0 Å². The Balaban J connectivity index is 2.45. The molecule has 14 heteroatoms. The van der Waals surface area contributed by atoms with Gasteiger partial charge in [0.1, 0.15) is 6.04 Å². The van der Waals surface area contributed by atoms with Crippen molar-refractivity contribution in [2.75, 3.05) is 13.1 Å². The maximum absolute atomic E-state index is 11.9. The third kappa shape index (κ3) is 8.66. The average Bonchev–Trinajstić information content (AvgIpc) is 2.66. The highest BCUT2D eigenvalue weighted by Crippen LogP contribution is 2.08. The molecule has 13 nitrogen and oxygen atoms in total. The zero-order valence-electron chi connectivity index (χ0n) is 15.6. The van der Waals surface area contributed by atoms with E-state index in [1.807, 2.05) is 0 Å². The fourth-order valence-corrected chi connectivity index (χ4v) is 2.60. The third-order valence-corrected chi connectivity index (χ3v) is 4.54. The molecule has 0 unspecified atom stereocenters.